The zero-order valence-corrected chi connectivity index (χ0v) is 15.7. The van der Waals surface area contributed by atoms with Gasteiger partial charge in [-0.05, 0) is 37.5 Å². The van der Waals surface area contributed by atoms with E-state index < -0.39 is 0 Å². The fourth-order valence-electron chi connectivity index (χ4n) is 6.06. The minimum atomic E-state index is 0.0308. The molecule has 2 saturated carbocycles. The van der Waals surface area contributed by atoms with Crippen molar-refractivity contribution in [3.05, 3.63) is 0 Å². The Morgan fingerprint density at radius 1 is 1.23 bits per heavy atom. The van der Waals surface area contributed by atoms with Gasteiger partial charge in [0.05, 0.1) is 31.3 Å². The standard InChI is InChI=1S/C20H32N2O4/c23-19-16(12-21-4-5-22-6-8-24-9-7-22)15-11-17-14(10-18(15)26-19)2-1-3-20(17)13-25-20/h14-18,21H,1-13H2/t14-,15-,16-,17?,18-,20+/m1/s1. The van der Waals surface area contributed by atoms with E-state index in [1.807, 2.05) is 0 Å². The lowest BCUT2D eigenvalue weighted by molar-refractivity contribution is -0.145. The van der Waals surface area contributed by atoms with Crippen LogP contribution in [0.3, 0.4) is 0 Å². The first-order valence-electron chi connectivity index (χ1n) is 10.6. The quantitative estimate of drug-likeness (QED) is 0.447. The zero-order chi connectivity index (χ0) is 17.6. The third-order valence-electron chi connectivity index (χ3n) is 7.63. The summed E-state index contributed by atoms with van der Waals surface area (Å²) in [6.45, 7) is 7.38. The second kappa shape index (κ2) is 7.04. The van der Waals surface area contributed by atoms with Crippen molar-refractivity contribution in [1.82, 2.24) is 10.2 Å². The third kappa shape index (κ3) is 3.19. The van der Waals surface area contributed by atoms with Crippen molar-refractivity contribution >= 4 is 5.97 Å². The number of hydrogen-bond donors (Lipinski definition) is 1. The topological polar surface area (TPSA) is 63.3 Å². The summed E-state index contributed by atoms with van der Waals surface area (Å²) in [7, 11) is 0. The number of nitrogens with one attached hydrogen (secondary N) is 1. The van der Waals surface area contributed by atoms with E-state index in [1.54, 1.807) is 0 Å². The molecule has 3 aliphatic heterocycles. The van der Waals surface area contributed by atoms with Gasteiger partial charge in [0.15, 0.2) is 0 Å². The predicted molar refractivity (Wildman–Crippen MR) is 95.7 cm³/mol. The van der Waals surface area contributed by atoms with E-state index in [2.05, 4.69) is 10.2 Å². The monoisotopic (exact) mass is 364 g/mol. The molecule has 0 aromatic rings. The molecular formula is C20H32N2O4. The van der Waals surface area contributed by atoms with Gasteiger partial charge < -0.3 is 19.5 Å². The molecule has 0 amide bonds. The van der Waals surface area contributed by atoms with E-state index >= 15 is 0 Å². The van der Waals surface area contributed by atoms with Crippen LogP contribution in [0.1, 0.15) is 32.1 Å². The first-order valence-corrected chi connectivity index (χ1v) is 10.6. The maximum atomic E-state index is 12.5. The third-order valence-corrected chi connectivity index (χ3v) is 7.63. The second-order valence-corrected chi connectivity index (χ2v) is 8.99. The van der Waals surface area contributed by atoms with Crippen molar-refractivity contribution in [3.63, 3.8) is 0 Å². The van der Waals surface area contributed by atoms with Crippen molar-refractivity contribution in [2.24, 2.45) is 23.7 Å². The molecule has 1 spiro atoms. The summed E-state index contributed by atoms with van der Waals surface area (Å²) >= 11 is 0. The highest BCUT2D eigenvalue weighted by Gasteiger charge is 2.61. The number of epoxide rings is 1. The highest BCUT2D eigenvalue weighted by atomic mass is 16.6. The van der Waals surface area contributed by atoms with Gasteiger partial charge in [0, 0.05) is 38.6 Å². The molecule has 0 aromatic carbocycles. The van der Waals surface area contributed by atoms with Crippen LogP contribution in [0.25, 0.3) is 0 Å². The number of nitrogens with zero attached hydrogens (tertiary/aromatic N) is 1. The Kier molecular flexibility index (Phi) is 4.72. The van der Waals surface area contributed by atoms with Gasteiger partial charge in [0.2, 0.25) is 0 Å². The van der Waals surface area contributed by atoms with E-state index in [0.717, 1.165) is 65.4 Å². The molecule has 1 N–H and O–H groups in total. The molecule has 0 aromatic heterocycles. The first kappa shape index (κ1) is 17.4. The van der Waals surface area contributed by atoms with Crippen LogP contribution in [-0.2, 0) is 19.0 Å². The van der Waals surface area contributed by atoms with E-state index in [4.69, 9.17) is 14.2 Å². The van der Waals surface area contributed by atoms with Crippen molar-refractivity contribution in [2.45, 2.75) is 43.8 Å². The average molecular weight is 364 g/mol. The molecule has 146 valence electrons. The first-order chi connectivity index (χ1) is 12.8. The molecule has 0 bridgehead atoms. The molecule has 1 unspecified atom stereocenters. The van der Waals surface area contributed by atoms with E-state index in [9.17, 15) is 4.79 Å². The molecule has 3 heterocycles. The minimum absolute atomic E-state index is 0.0308. The van der Waals surface area contributed by atoms with Crippen LogP contribution in [-0.4, -0.2) is 75.1 Å². The van der Waals surface area contributed by atoms with Crippen LogP contribution in [0.15, 0.2) is 0 Å². The number of fused-ring (bicyclic) bond motifs is 3. The van der Waals surface area contributed by atoms with Crippen LogP contribution in [0.5, 0.6) is 0 Å². The van der Waals surface area contributed by atoms with Gasteiger partial charge >= 0.3 is 5.97 Å². The summed E-state index contributed by atoms with van der Waals surface area (Å²) in [5, 5.41) is 3.53. The summed E-state index contributed by atoms with van der Waals surface area (Å²) in [5.41, 5.74) is 0.174. The van der Waals surface area contributed by atoms with E-state index in [-0.39, 0.29) is 23.6 Å². The lowest BCUT2D eigenvalue weighted by atomic mass is 9.60. The SMILES string of the molecule is O=C1O[C@@H]2C[C@H]3CCC[C@]4(CO4)C3C[C@@H]2[C@H]1CNCCN1CCOCC1. The molecule has 5 aliphatic rings. The summed E-state index contributed by atoms with van der Waals surface area (Å²) in [6.07, 6.45) is 6.14. The van der Waals surface area contributed by atoms with Gasteiger partial charge in [-0.3, -0.25) is 9.69 Å². The highest BCUT2D eigenvalue weighted by molar-refractivity contribution is 5.75. The van der Waals surface area contributed by atoms with Gasteiger partial charge in [-0.1, -0.05) is 6.42 Å². The zero-order valence-electron chi connectivity index (χ0n) is 15.7. The van der Waals surface area contributed by atoms with Crippen molar-refractivity contribution in [1.29, 1.82) is 0 Å². The Bertz CT molecular complexity index is 532. The summed E-state index contributed by atoms with van der Waals surface area (Å²) < 4.78 is 17.1. The average Bonchev–Trinajstić information content (AvgIpc) is 3.36. The molecule has 6 nitrogen and oxygen atoms in total. The van der Waals surface area contributed by atoms with Crippen LogP contribution in [0.2, 0.25) is 0 Å². The molecular weight excluding hydrogens is 332 g/mol. The molecule has 0 radical (unpaired) electrons. The molecule has 26 heavy (non-hydrogen) atoms. The lowest BCUT2D eigenvalue weighted by Gasteiger charge is -2.44. The Hall–Kier alpha value is -0.690. The van der Waals surface area contributed by atoms with Crippen LogP contribution in [0, 0.1) is 23.7 Å². The van der Waals surface area contributed by atoms with Gasteiger partial charge in [-0.25, -0.2) is 0 Å². The second-order valence-electron chi connectivity index (χ2n) is 8.99. The number of rotatable bonds is 5. The van der Waals surface area contributed by atoms with Crippen LogP contribution < -0.4 is 5.32 Å². The van der Waals surface area contributed by atoms with Gasteiger partial charge in [-0.2, -0.15) is 0 Å². The fraction of sp³-hybridized carbons (Fsp3) is 0.950. The minimum Gasteiger partial charge on any atom is -0.462 e. The van der Waals surface area contributed by atoms with Gasteiger partial charge in [0.25, 0.3) is 0 Å². The Morgan fingerprint density at radius 3 is 2.88 bits per heavy atom. The molecule has 6 heteroatoms. The van der Waals surface area contributed by atoms with E-state index in [1.165, 1.54) is 19.3 Å². The van der Waals surface area contributed by atoms with Gasteiger partial charge in [0.1, 0.15) is 6.10 Å². The van der Waals surface area contributed by atoms with Gasteiger partial charge in [-0.15, -0.1) is 0 Å². The smallest absolute Gasteiger partial charge is 0.310 e. The Balaban J connectivity index is 1.15. The normalized spacial score (nSPS) is 45.2. The lowest BCUT2D eigenvalue weighted by Crippen LogP contribution is -2.46. The summed E-state index contributed by atoms with van der Waals surface area (Å²) in [4.78, 5) is 14.9. The van der Waals surface area contributed by atoms with Crippen molar-refractivity contribution < 1.29 is 19.0 Å². The van der Waals surface area contributed by atoms with Crippen molar-refractivity contribution in [2.75, 3.05) is 52.5 Å². The van der Waals surface area contributed by atoms with E-state index in [0.29, 0.717) is 17.8 Å². The Labute approximate surface area is 155 Å². The number of carbonyl (C=O) groups is 1. The molecule has 5 rings (SSSR count). The maximum Gasteiger partial charge on any atom is 0.310 e. The number of carbonyl (C=O) groups excluding carboxylic acids is 1. The van der Waals surface area contributed by atoms with Crippen LogP contribution in [0.4, 0.5) is 0 Å². The largest absolute Gasteiger partial charge is 0.462 e. The molecule has 2 aliphatic carbocycles. The van der Waals surface area contributed by atoms with Crippen LogP contribution >= 0.6 is 0 Å². The maximum absolute atomic E-state index is 12.5. The summed E-state index contributed by atoms with van der Waals surface area (Å²) in [6, 6.07) is 0. The number of hydrogen-bond acceptors (Lipinski definition) is 6. The molecule has 5 fully saturated rings. The molecule has 6 atom stereocenters. The molecule has 3 saturated heterocycles. The summed E-state index contributed by atoms with van der Waals surface area (Å²) in [5.74, 6) is 1.81. The Morgan fingerprint density at radius 2 is 2.08 bits per heavy atom. The predicted octanol–water partition coefficient (Wildman–Crippen LogP) is 1.05. The number of morpholine rings is 1. The highest BCUT2D eigenvalue weighted by Crippen LogP contribution is 2.57. The van der Waals surface area contributed by atoms with Crippen molar-refractivity contribution in [3.8, 4) is 0 Å². The number of ether oxygens (including phenoxy) is 3. The number of esters is 1. The fourth-order valence-corrected chi connectivity index (χ4v) is 6.06.